The van der Waals surface area contributed by atoms with Crippen LogP contribution in [-0.2, 0) is 11.2 Å². The Balaban J connectivity index is 2.52. The molecule has 1 rings (SSSR count). The number of hydrogen-bond acceptors (Lipinski definition) is 3. The van der Waals surface area contributed by atoms with E-state index in [1.165, 1.54) is 0 Å². The molecule has 0 aliphatic rings. The van der Waals surface area contributed by atoms with Gasteiger partial charge in [-0.15, -0.1) is 0 Å². The van der Waals surface area contributed by atoms with Crippen LogP contribution in [0.2, 0.25) is 0 Å². The zero-order valence-corrected chi connectivity index (χ0v) is 13.1. The van der Waals surface area contributed by atoms with Crippen LogP contribution >= 0.6 is 0 Å². The predicted molar refractivity (Wildman–Crippen MR) is 84.6 cm³/mol. The summed E-state index contributed by atoms with van der Waals surface area (Å²) >= 11 is 0. The van der Waals surface area contributed by atoms with Crippen molar-refractivity contribution in [3.05, 3.63) is 29.8 Å². The lowest BCUT2D eigenvalue weighted by Crippen LogP contribution is -2.43. The van der Waals surface area contributed by atoms with Crippen molar-refractivity contribution in [3.8, 4) is 0 Å². The van der Waals surface area contributed by atoms with Crippen LogP contribution in [0.15, 0.2) is 24.3 Å². The maximum absolute atomic E-state index is 12.3. The lowest BCUT2D eigenvalue weighted by molar-refractivity contribution is -0.133. The lowest BCUT2D eigenvalue weighted by Gasteiger charge is -2.30. The van der Waals surface area contributed by atoms with Crippen molar-refractivity contribution in [2.24, 2.45) is 0 Å². The SMILES string of the molecule is CCN(C(=O)CCc1ccc(N)cc1)C(C)CN(C)C. The molecule has 1 aromatic carbocycles. The van der Waals surface area contributed by atoms with Crippen LogP contribution in [-0.4, -0.2) is 48.9 Å². The second kappa shape index (κ2) is 7.90. The quantitative estimate of drug-likeness (QED) is 0.776. The van der Waals surface area contributed by atoms with E-state index in [9.17, 15) is 4.79 Å². The molecule has 0 fully saturated rings. The molecule has 1 aromatic rings. The van der Waals surface area contributed by atoms with Crippen molar-refractivity contribution in [2.75, 3.05) is 32.9 Å². The van der Waals surface area contributed by atoms with Gasteiger partial charge in [0.25, 0.3) is 0 Å². The fraction of sp³-hybridized carbons (Fsp3) is 0.562. The minimum atomic E-state index is 0.221. The minimum Gasteiger partial charge on any atom is -0.399 e. The molecule has 4 nitrogen and oxygen atoms in total. The van der Waals surface area contributed by atoms with E-state index < -0.39 is 0 Å². The first-order chi connectivity index (χ1) is 9.43. The first kappa shape index (κ1) is 16.5. The van der Waals surface area contributed by atoms with Crippen molar-refractivity contribution in [1.82, 2.24) is 9.80 Å². The van der Waals surface area contributed by atoms with Crippen molar-refractivity contribution in [3.63, 3.8) is 0 Å². The highest BCUT2D eigenvalue weighted by atomic mass is 16.2. The third-order valence-corrected chi connectivity index (χ3v) is 3.43. The summed E-state index contributed by atoms with van der Waals surface area (Å²) < 4.78 is 0. The van der Waals surface area contributed by atoms with E-state index in [4.69, 9.17) is 5.73 Å². The largest absolute Gasteiger partial charge is 0.399 e. The molecule has 2 N–H and O–H groups in total. The summed E-state index contributed by atoms with van der Waals surface area (Å²) in [6.45, 7) is 5.79. The molecule has 20 heavy (non-hydrogen) atoms. The van der Waals surface area contributed by atoms with Gasteiger partial charge in [-0.05, 0) is 52.1 Å². The minimum absolute atomic E-state index is 0.221. The van der Waals surface area contributed by atoms with Gasteiger partial charge in [0.1, 0.15) is 0 Å². The highest BCUT2D eigenvalue weighted by Crippen LogP contribution is 2.10. The highest BCUT2D eigenvalue weighted by Gasteiger charge is 2.18. The van der Waals surface area contributed by atoms with Gasteiger partial charge >= 0.3 is 0 Å². The number of nitrogen functional groups attached to an aromatic ring is 1. The van der Waals surface area contributed by atoms with Crippen LogP contribution in [0.5, 0.6) is 0 Å². The fourth-order valence-electron chi connectivity index (χ4n) is 2.44. The molecule has 0 radical (unpaired) electrons. The van der Waals surface area contributed by atoms with Crippen LogP contribution in [0.4, 0.5) is 5.69 Å². The van der Waals surface area contributed by atoms with Gasteiger partial charge in [-0.2, -0.15) is 0 Å². The second-order valence-electron chi connectivity index (χ2n) is 5.53. The van der Waals surface area contributed by atoms with Crippen molar-refractivity contribution >= 4 is 11.6 Å². The number of nitrogens with zero attached hydrogens (tertiary/aromatic N) is 2. The number of carbonyl (C=O) groups excluding carboxylic acids is 1. The molecule has 1 amide bonds. The van der Waals surface area contributed by atoms with Crippen molar-refractivity contribution in [2.45, 2.75) is 32.7 Å². The molecular weight excluding hydrogens is 250 g/mol. The van der Waals surface area contributed by atoms with Crippen LogP contribution in [0.3, 0.4) is 0 Å². The Kier molecular flexibility index (Phi) is 6.52. The van der Waals surface area contributed by atoms with E-state index in [1.807, 2.05) is 50.2 Å². The van der Waals surface area contributed by atoms with E-state index in [1.54, 1.807) is 0 Å². The third kappa shape index (κ3) is 5.21. The van der Waals surface area contributed by atoms with Gasteiger partial charge in [-0.1, -0.05) is 12.1 Å². The highest BCUT2D eigenvalue weighted by molar-refractivity contribution is 5.76. The standard InChI is InChI=1S/C16H27N3O/c1-5-19(13(2)12-18(3)4)16(20)11-8-14-6-9-15(17)10-7-14/h6-7,9-10,13H,5,8,11-12,17H2,1-4H3. The number of amides is 1. The normalized spacial score (nSPS) is 12.4. The van der Waals surface area contributed by atoms with Crippen molar-refractivity contribution < 1.29 is 4.79 Å². The summed E-state index contributed by atoms with van der Waals surface area (Å²) in [5.41, 5.74) is 7.57. The maximum Gasteiger partial charge on any atom is 0.223 e. The molecule has 0 aliphatic carbocycles. The van der Waals surface area contributed by atoms with Crippen LogP contribution < -0.4 is 5.73 Å². The second-order valence-corrected chi connectivity index (χ2v) is 5.53. The molecule has 1 unspecified atom stereocenters. The van der Waals surface area contributed by atoms with Gasteiger partial charge in [-0.3, -0.25) is 4.79 Å². The van der Waals surface area contributed by atoms with Crippen LogP contribution in [0, 0.1) is 0 Å². The number of likely N-dealkylation sites (N-methyl/N-ethyl adjacent to an activating group) is 2. The Morgan fingerprint density at radius 2 is 1.85 bits per heavy atom. The molecule has 0 aliphatic heterocycles. The van der Waals surface area contributed by atoms with Crippen LogP contribution in [0.1, 0.15) is 25.8 Å². The fourth-order valence-corrected chi connectivity index (χ4v) is 2.44. The molecule has 0 aromatic heterocycles. The molecule has 0 bridgehead atoms. The number of anilines is 1. The number of carbonyl (C=O) groups is 1. The Morgan fingerprint density at radius 1 is 1.25 bits per heavy atom. The Bertz CT molecular complexity index is 414. The average molecular weight is 277 g/mol. The Hall–Kier alpha value is -1.55. The smallest absolute Gasteiger partial charge is 0.223 e. The summed E-state index contributed by atoms with van der Waals surface area (Å²) in [7, 11) is 4.06. The Labute approximate surface area is 122 Å². The molecule has 0 saturated carbocycles. The summed E-state index contributed by atoms with van der Waals surface area (Å²) in [4.78, 5) is 16.4. The van der Waals surface area contributed by atoms with E-state index in [2.05, 4.69) is 11.8 Å². The van der Waals surface area contributed by atoms with E-state index in [-0.39, 0.29) is 11.9 Å². The lowest BCUT2D eigenvalue weighted by atomic mass is 10.1. The van der Waals surface area contributed by atoms with E-state index in [0.29, 0.717) is 6.42 Å². The first-order valence-corrected chi connectivity index (χ1v) is 7.22. The third-order valence-electron chi connectivity index (χ3n) is 3.43. The van der Waals surface area contributed by atoms with Gasteiger partial charge in [0, 0.05) is 31.2 Å². The molecular formula is C16H27N3O. The zero-order chi connectivity index (χ0) is 15.1. The van der Waals surface area contributed by atoms with Gasteiger partial charge in [0.15, 0.2) is 0 Å². The number of benzene rings is 1. The maximum atomic E-state index is 12.3. The van der Waals surface area contributed by atoms with Gasteiger partial charge in [0.2, 0.25) is 5.91 Å². The number of nitrogens with two attached hydrogens (primary N) is 1. The number of hydrogen-bond donors (Lipinski definition) is 1. The van der Waals surface area contributed by atoms with E-state index in [0.717, 1.165) is 30.8 Å². The molecule has 0 heterocycles. The monoisotopic (exact) mass is 277 g/mol. The first-order valence-electron chi connectivity index (χ1n) is 7.22. The zero-order valence-electron chi connectivity index (χ0n) is 13.1. The summed E-state index contributed by atoms with van der Waals surface area (Å²) in [5, 5.41) is 0. The number of aryl methyl sites for hydroxylation is 1. The summed E-state index contributed by atoms with van der Waals surface area (Å²) in [5.74, 6) is 0.221. The van der Waals surface area contributed by atoms with E-state index >= 15 is 0 Å². The topological polar surface area (TPSA) is 49.6 Å². The molecule has 1 atom stereocenters. The molecule has 0 saturated heterocycles. The average Bonchev–Trinajstić information content (AvgIpc) is 2.38. The van der Waals surface area contributed by atoms with Crippen molar-refractivity contribution in [1.29, 1.82) is 0 Å². The molecule has 4 heteroatoms. The van der Waals surface area contributed by atoms with Gasteiger partial charge in [0.05, 0.1) is 0 Å². The Morgan fingerprint density at radius 3 is 2.35 bits per heavy atom. The molecule has 112 valence electrons. The summed E-state index contributed by atoms with van der Waals surface area (Å²) in [6, 6.07) is 7.98. The van der Waals surface area contributed by atoms with Gasteiger partial charge < -0.3 is 15.5 Å². The van der Waals surface area contributed by atoms with Crippen LogP contribution in [0.25, 0.3) is 0 Å². The molecule has 0 spiro atoms. The van der Waals surface area contributed by atoms with Gasteiger partial charge in [-0.25, -0.2) is 0 Å². The number of rotatable bonds is 7. The predicted octanol–water partition coefficient (Wildman–Crippen LogP) is 2.00. The summed E-state index contributed by atoms with van der Waals surface area (Å²) in [6.07, 6.45) is 1.32.